The maximum absolute atomic E-state index is 11.8. The molecule has 6 heteroatoms. The lowest BCUT2D eigenvalue weighted by atomic mass is 10.1. The Morgan fingerprint density at radius 3 is 2.78 bits per heavy atom. The Kier molecular flexibility index (Phi) is 8.97. The van der Waals surface area contributed by atoms with Crippen molar-refractivity contribution in [2.24, 2.45) is 5.73 Å². The molecule has 0 saturated carbocycles. The van der Waals surface area contributed by atoms with E-state index in [1.807, 2.05) is 6.26 Å². The quantitative estimate of drug-likeness (QED) is 0.758. The molecule has 0 aliphatic heterocycles. The van der Waals surface area contributed by atoms with Crippen LogP contribution in [0.3, 0.4) is 0 Å². The van der Waals surface area contributed by atoms with Crippen molar-refractivity contribution in [3.8, 4) is 0 Å². The lowest BCUT2D eigenvalue weighted by Gasteiger charge is -2.15. The van der Waals surface area contributed by atoms with Gasteiger partial charge in [-0.15, -0.1) is 12.4 Å². The van der Waals surface area contributed by atoms with Crippen LogP contribution in [0.25, 0.3) is 0 Å². The van der Waals surface area contributed by atoms with Crippen LogP contribution in [0.15, 0.2) is 21.6 Å². The monoisotopic (exact) mass is 292 g/mol. The summed E-state index contributed by atoms with van der Waals surface area (Å²) in [5.41, 5.74) is 5.62. The largest absolute Gasteiger partial charge is 0.445 e. The lowest BCUT2D eigenvalue weighted by molar-refractivity contribution is 0.0902. The lowest BCUT2D eigenvalue weighted by Crippen LogP contribution is -2.40. The van der Waals surface area contributed by atoms with Crippen molar-refractivity contribution in [2.45, 2.75) is 37.3 Å². The van der Waals surface area contributed by atoms with Crippen LogP contribution in [0.4, 0.5) is 0 Å². The number of unbranched alkanes of at least 4 members (excludes halogenated alkanes) is 1. The number of furan rings is 1. The van der Waals surface area contributed by atoms with Crippen LogP contribution in [0.5, 0.6) is 0 Å². The summed E-state index contributed by atoms with van der Waals surface area (Å²) in [6.07, 6.45) is 4.99. The molecule has 0 fully saturated rings. The molecule has 0 bridgehead atoms. The fraction of sp³-hybridized carbons (Fsp3) is 0.583. The van der Waals surface area contributed by atoms with Gasteiger partial charge in [0, 0.05) is 12.6 Å². The van der Waals surface area contributed by atoms with Crippen molar-refractivity contribution in [1.29, 1.82) is 0 Å². The number of carbonyl (C=O) groups excluding carboxylic acids is 1. The average molecular weight is 293 g/mol. The van der Waals surface area contributed by atoms with Gasteiger partial charge in [0.15, 0.2) is 10.9 Å². The first-order valence-electron chi connectivity index (χ1n) is 5.86. The number of halogens is 1. The van der Waals surface area contributed by atoms with Gasteiger partial charge in [-0.25, -0.2) is 0 Å². The first kappa shape index (κ1) is 17.4. The van der Waals surface area contributed by atoms with Gasteiger partial charge in [0.1, 0.15) is 0 Å². The molecule has 1 unspecified atom stereocenters. The van der Waals surface area contributed by atoms with Gasteiger partial charge in [0.2, 0.25) is 0 Å². The molecule has 1 aromatic rings. The zero-order valence-corrected chi connectivity index (χ0v) is 12.4. The van der Waals surface area contributed by atoms with Crippen LogP contribution in [0.2, 0.25) is 0 Å². The van der Waals surface area contributed by atoms with E-state index in [1.54, 1.807) is 12.1 Å². The summed E-state index contributed by atoms with van der Waals surface area (Å²) in [5, 5.41) is 3.63. The van der Waals surface area contributed by atoms with E-state index in [2.05, 4.69) is 12.2 Å². The van der Waals surface area contributed by atoms with Gasteiger partial charge in [0.05, 0.1) is 0 Å². The molecule has 1 aromatic heterocycles. The van der Waals surface area contributed by atoms with E-state index in [9.17, 15) is 4.79 Å². The molecule has 0 aromatic carbocycles. The second-order valence-corrected chi connectivity index (χ2v) is 4.68. The summed E-state index contributed by atoms with van der Waals surface area (Å²) in [6, 6.07) is 3.52. The molecule has 4 nitrogen and oxygen atoms in total. The van der Waals surface area contributed by atoms with Crippen LogP contribution in [0, 0.1) is 0 Å². The second-order valence-electron chi connectivity index (χ2n) is 3.87. The summed E-state index contributed by atoms with van der Waals surface area (Å²) in [6.45, 7) is 2.58. The summed E-state index contributed by atoms with van der Waals surface area (Å²) in [7, 11) is 0. The van der Waals surface area contributed by atoms with Gasteiger partial charge in [0.25, 0.3) is 5.91 Å². The van der Waals surface area contributed by atoms with E-state index in [4.69, 9.17) is 10.2 Å². The summed E-state index contributed by atoms with van der Waals surface area (Å²) in [4.78, 5) is 11.8. The van der Waals surface area contributed by atoms with E-state index in [0.29, 0.717) is 12.3 Å². The summed E-state index contributed by atoms with van der Waals surface area (Å²) < 4.78 is 5.35. The van der Waals surface area contributed by atoms with E-state index >= 15 is 0 Å². The minimum absolute atomic E-state index is 0. The smallest absolute Gasteiger partial charge is 0.287 e. The van der Waals surface area contributed by atoms with Gasteiger partial charge in [-0.05, 0) is 24.8 Å². The molecule has 18 heavy (non-hydrogen) atoms. The summed E-state index contributed by atoms with van der Waals surface area (Å²) in [5.74, 6) is 0.168. The third-order valence-corrected chi connectivity index (χ3v) is 3.15. The number of nitrogens with one attached hydrogen (secondary N) is 1. The molecule has 3 N–H and O–H groups in total. The Bertz CT molecular complexity index is 358. The van der Waals surface area contributed by atoms with Crippen molar-refractivity contribution in [3.05, 3.63) is 17.9 Å². The van der Waals surface area contributed by atoms with Gasteiger partial charge in [-0.3, -0.25) is 4.79 Å². The van der Waals surface area contributed by atoms with Crippen molar-refractivity contribution in [2.75, 3.05) is 12.8 Å². The molecule has 1 heterocycles. The molecule has 0 aliphatic carbocycles. The number of nitrogens with two attached hydrogens (primary N) is 1. The summed E-state index contributed by atoms with van der Waals surface area (Å²) >= 11 is 1.47. The maximum atomic E-state index is 11.8. The fourth-order valence-electron chi connectivity index (χ4n) is 1.51. The van der Waals surface area contributed by atoms with E-state index < -0.39 is 0 Å². The highest BCUT2D eigenvalue weighted by molar-refractivity contribution is 7.98. The number of rotatable bonds is 7. The van der Waals surface area contributed by atoms with Crippen molar-refractivity contribution < 1.29 is 9.21 Å². The minimum Gasteiger partial charge on any atom is -0.445 e. The molecule has 0 spiro atoms. The third kappa shape index (κ3) is 5.33. The SMILES string of the molecule is CCCCC(CN)NC(=O)c1ccc(SC)o1.Cl. The molecule has 1 atom stereocenters. The third-order valence-electron chi connectivity index (χ3n) is 2.53. The highest BCUT2D eigenvalue weighted by Crippen LogP contribution is 2.17. The van der Waals surface area contributed by atoms with Crippen LogP contribution >= 0.6 is 24.2 Å². The Balaban J connectivity index is 0.00000289. The Morgan fingerprint density at radius 2 is 2.28 bits per heavy atom. The predicted molar refractivity (Wildman–Crippen MR) is 77.6 cm³/mol. The topological polar surface area (TPSA) is 68.3 Å². The van der Waals surface area contributed by atoms with Crippen molar-refractivity contribution in [1.82, 2.24) is 5.32 Å². The van der Waals surface area contributed by atoms with Gasteiger partial charge in [-0.2, -0.15) is 0 Å². The molecule has 0 saturated heterocycles. The Labute approximate surface area is 118 Å². The first-order valence-corrected chi connectivity index (χ1v) is 7.08. The molecule has 1 amide bonds. The fourth-order valence-corrected chi connectivity index (χ4v) is 1.89. The standard InChI is InChI=1S/C12H20N2O2S.ClH/c1-3-4-5-9(8-13)14-12(15)10-6-7-11(16-10)17-2;/h6-7,9H,3-5,8,13H2,1-2H3,(H,14,15);1H. The average Bonchev–Trinajstić information content (AvgIpc) is 2.83. The number of thioether (sulfide) groups is 1. The van der Waals surface area contributed by atoms with E-state index in [-0.39, 0.29) is 24.4 Å². The number of carbonyl (C=O) groups is 1. The molecule has 0 aliphatic rings. The number of hydrogen-bond acceptors (Lipinski definition) is 4. The van der Waals surface area contributed by atoms with Gasteiger partial charge < -0.3 is 15.5 Å². The number of hydrogen-bond donors (Lipinski definition) is 2. The molecule has 104 valence electrons. The van der Waals surface area contributed by atoms with E-state index in [1.165, 1.54) is 11.8 Å². The number of amides is 1. The Morgan fingerprint density at radius 1 is 1.56 bits per heavy atom. The second kappa shape index (κ2) is 9.30. The van der Waals surface area contributed by atoms with Crippen LogP contribution in [0.1, 0.15) is 36.7 Å². The van der Waals surface area contributed by atoms with Crippen LogP contribution in [-0.2, 0) is 0 Å². The zero-order valence-electron chi connectivity index (χ0n) is 10.8. The minimum atomic E-state index is -0.183. The van der Waals surface area contributed by atoms with Crippen LogP contribution in [-0.4, -0.2) is 24.7 Å². The Hall–Kier alpha value is -0.650. The zero-order chi connectivity index (χ0) is 12.7. The highest BCUT2D eigenvalue weighted by atomic mass is 35.5. The van der Waals surface area contributed by atoms with E-state index in [0.717, 1.165) is 24.4 Å². The predicted octanol–water partition coefficient (Wildman–Crippen LogP) is 2.67. The van der Waals surface area contributed by atoms with Gasteiger partial charge in [-0.1, -0.05) is 31.5 Å². The van der Waals surface area contributed by atoms with Crippen molar-refractivity contribution in [3.63, 3.8) is 0 Å². The van der Waals surface area contributed by atoms with Crippen molar-refractivity contribution >= 4 is 30.1 Å². The molecular formula is C12H21ClN2O2S. The normalized spacial score (nSPS) is 11.7. The molecule has 1 rings (SSSR count). The maximum Gasteiger partial charge on any atom is 0.287 e. The van der Waals surface area contributed by atoms with Crippen LogP contribution < -0.4 is 11.1 Å². The first-order chi connectivity index (χ1) is 8.21. The molecule has 0 radical (unpaired) electrons. The highest BCUT2D eigenvalue weighted by Gasteiger charge is 2.15. The van der Waals surface area contributed by atoms with Gasteiger partial charge >= 0.3 is 0 Å². The molecular weight excluding hydrogens is 272 g/mol.